The van der Waals surface area contributed by atoms with Crippen LogP contribution < -0.4 is 4.74 Å². The van der Waals surface area contributed by atoms with E-state index < -0.39 is 34.0 Å². The zero-order valence-electron chi connectivity index (χ0n) is 18.3. The molecule has 172 valence electrons. The van der Waals surface area contributed by atoms with Crippen LogP contribution in [0.3, 0.4) is 0 Å². The number of carboxylic acid groups (broad SMARTS) is 1. The summed E-state index contributed by atoms with van der Waals surface area (Å²) in [7, 11) is 0. The minimum atomic E-state index is -1.40. The van der Waals surface area contributed by atoms with Gasteiger partial charge in [-0.1, -0.05) is 60.7 Å². The second-order valence-electron chi connectivity index (χ2n) is 8.19. The third-order valence-electron chi connectivity index (χ3n) is 5.21. The summed E-state index contributed by atoms with van der Waals surface area (Å²) < 4.78 is 19.5. The van der Waals surface area contributed by atoms with Crippen molar-refractivity contribution in [3.63, 3.8) is 0 Å². The monoisotopic (exact) mass is 452 g/mol. The van der Waals surface area contributed by atoms with Crippen LogP contribution in [0, 0.1) is 15.9 Å². The van der Waals surface area contributed by atoms with Gasteiger partial charge in [0.25, 0.3) is 0 Å². The first-order valence-electron chi connectivity index (χ1n) is 10.3. The van der Waals surface area contributed by atoms with Crippen LogP contribution in [0.2, 0.25) is 0 Å². The number of carboxylic acids is 1. The summed E-state index contributed by atoms with van der Waals surface area (Å²) >= 11 is 0. The molecule has 0 aliphatic rings. The Hall–Kier alpha value is -3.78. The molecule has 0 saturated heterocycles. The molecule has 3 aromatic carbocycles. The number of hydrogen-bond donors (Lipinski definition) is 1. The van der Waals surface area contributed by atoms with E-state index in [4.69, 9.17) is 4.74 Å². The van der Waals surface area contributed by atoms with Crippen LogP contribution in [0.15, 0.2) is 78.9 Å². The smallest absolute Gasteiger partial charge is 0.325 e. The summed E-state index contributed by atoms with van der Waals surface area (Å²) in [5.74, 6) is -2.12. The summed E-state index contributed by atoms with van der Waals surface area (Å²) in [5.41, 5.74) is -0.158. The molecule has 1 unspecified atom stereocenters. The number of carbonyl (C=O) groups is 1. The molecule has 0 amide bonds. The van der Waals surface area contributed by atoms with Gasteiger partial charge in [0, 0.05) is 13.1 Å². The average molecular weight is 452 g/mol. The standard InChI is InChI=1S/C25H25FN2O5/c1-25(2,33-22-14-13-20(26)15-21(22)28(31)32)23(24(29)30)27(16-18-9-5-3-6-10-18)17-19-11-7-4-8-12-19/h3-15,23H,16-17H2,1-2H3,(H,29,30). The molecule has 0 aliphatic carbocycles. The molecule has 0 radical (unpaired) electrons. The first-order chi connectivity index (χ1) is 15.7. The second kappa shape index (κ2) is 10.2. The molecule has 7 nitrogen and oxygen atoms in total. The Morgan fingerprint density at radius 3 is 2.00 bits per heavy atom. The Morgan fingerprint density at radius 1 is 1.03 bits per heavy atom. The third-order valence-corrected chi connectivity index (χ3v) is 5.21. The van der Waals surface area contributed by atoms with Gasteiger partial charge in [0.2, 0.25) is 0 Å². The van der Waals surface area contributed by atoms with E-state index in [9.17, 15) is 24.4 Å². The van der Waals surface area contributed by atoms with Crippen LogP contribution in [-0.4, -0.2) is 32.5 Å². The van der Waals surface area contributed by atoms with E-state index in [1.807, 2.05) is 60.7 Å². The van der Waals surface area contributed by atoms with Crippen LogP contribution in [0.25, 0.3) is 0 Å². The topological polar surface area (TPSA) is 92.9 Å². The summed E-state index contributed by atoms with van der Waals surface area (Å²) in [5, 5.41) is 21.6. The van der Waals surface area contributed by atoms with E-state index in [0.29, 0.717) is 13.1 Å². The Kier molecular flexibility index (Phi) is 7.40. The molecular weight excluding hydrogens is 427 g/mol. The van der Waals surface area contributed by atoms with Crippen molar-refractivity contribution in [2.45, 2.75) is 38.6 Å². The lowest BCUT2D eigenvalue weighted by Crippen LogP contribution is -2.56. The zero-order valence-corrected chi connectivity index (χ0v) is 18.3. The van der Waals surface area contributed by atoms with Gasteiger partial charge < -0.3 is 9.84 Å². The van der Waals surface area contributed by atoms with Crippen molar-refractivity contribution in [3.8, 4) is 5.75 Å². The third kappa shape index (κ3) is 6.14. The van der Waals surface area contributed by atoms with Gasteiger partial charge in [0.15, 0.2) is 5.75 Å². The largest absolute Gasteiger partial charge is 0.480 e. The maximum Gasteiger partial charge on any atom is 0.325 e. The van der Waals surface area contributed by atoms with Gasteiger partial charge in [-0.2, -0.15) is 0 Å². The van der Waals surface area contributed by atoms with Crippen molar-refractivity contribution in [2.24, 2.45) is 0 Å². The summed E-state index contributed by atoms with van der Waals surface area (Å²) in [6, 6.07) is 20.6. The van der Waals surface area contributed by atoms with Crippen LogP contribution in [0.1, 0.15) is 25.0 Å². The first kappa shape index (κ1) is 23.9. The number of aliphatic carboxylic acids is 1. The lowest BCUT2D eigenvalue weighted by Gasteiger charge is -2.39. The zero-order chi connectivity index (χ0) is 24.0. The van der Waals surface area contributed by atoms with E-state index in [1.54, 1.807) is 18.7 Å². The fourth-order valence-corrected chi connectivity index (χ4v) is 3.83. The lowest BCUT2D eigenvalue weighted by atomic mass is 9.95. The molecule has 1 atom stereocenters. The van der Waals surface area contributed by atoms with Gasteiger partial charge in [-0.25, -0.2) is 4.39 Å². The number of ether oxygens (including phenoxy) is 1. The first-order valence-corrected chi connectivity index (χ1v) is 10.3. The quantitative estimate of drug-likeness (QED) is 0.342. The Balaban J connectivity index is 1.99. The summed E-state index contributed by atoms with van der Waals surface area (Å²) in [4.78, 5) is 24.9. The van der Waals surface area contributed by atoms with Crippen molar-refractivity contribution in [1.29, 1.82) is 0 Å². The van der Waals surface area contributed by atoms with Gasteiger partial charge in [-0.3, -0.25) is 19.8 Å². The molecule has 0 bridgehead atoms. The Morgan fingerprint density at radius 2 is 1.55 bits per heavy atom. The summed E-state index contributed by atoms with van der Waals surface area (Å²) in [6.45, 7) is 3.74. The fraction of sp³-hybridized carbons (Fsp3) is 0.240. The predicted octanol–water partition coefficient (Wildman–Crippen LogP) is 5.05. The van der Waals surface area contributed by atoms with Crippen LogP contribution in [0.4, 0.5) is 10.1 Å². The van der Waals surface area contributed by atoms with Crippen LogP contribution in [-0.2, 0) is 17.9 Å². The molecule has 33 heavy (non-hydrogen) atoms. The van der Waals surface area contributed by atoms with E-state index in [-0.39, 0.29) is 5.75 Å². The highest BCUT2D eigenvalue weighted by Gasteiger charge is 2.43. The maximum absolute atomic E-state index is 13.6. The molecule has 1 N–H and O–H groups in total. The molecule has 3 rings (SSSR count). The Labute approximate surface area is 191 Å². The highest BCUT2D eigenvalue weighted by Crippen LogP contribution is 2.33. The molecule has 0 heterocycles. The number of rotatable bonds is 10. The lowest BCUT2D eigenvalue weighted by molar-refractivity contribution is -0.386. The molecule has 0 aromatic heterocycles. The van der Waals surface area contributed by atoms with E-state index in [1.165, 1.54) is 0 Å². The van der Waals surface area contributed by atoms with Gasteiger partial charge in [-0.05, 0) is 37.1 Å². The SMILES string of the molecule is CC(C)(Oc1ccc(F)cc1[N+](=O)[O-])C(C(=O)O)N(Cc1ccccc1)Cc1ccccc1. The van der Waals surface area contributed by atoms with Gasteiger partial charge in [0.05, 0.1) is 11.0 Å². The maximum atomic E-state index is 13.6. The van der Waals surface area contributed by atoms with Crippen molar-refractivity contribution >= 4 is 11.7 Å². The van der Waals surface area contributed by atoms with Crippen molar-refractivity contribution < 1.29 is 24.0 Å². The molecule has 3 aromatic rings. The van der Waals surface area contributed by atoms with Crippen molar-refractivity contribution in [2.75, 3.05) is 0 Å². The van der Waals surface area contributed by atoms with Crippen LogP contribution >= 0.6 is 0 Å². The average Bonchev–Trinajstić information content (AvgIpc) is 2.75. The number of halogens is 1. The summed E-state index contributed by atoms with van der Waals surface area (Å²) in [6.07, 6.45) is 0. The minimum absolute atomic E-state index is 0.197. The van der Waals surface area contributed by atoms with Crippen LogP contribution in [0.5, 0.6) is 5.75 Å². The van der Waals surface area contributed by atoms with E-state index in [2.05, 4.69) is 0 Å². The number of hydrogen-bond acceptors (Lipinski definition) is 5. The molecule has 0 aliphatic heterocycles. The highest BCUT2D eigenvalue weighted by molar-refractivity contribution is 5.75. The van der Waals surface area contributed by atoms with Gasteiger partial charge in [-0.15, -0.1) is 0 Å². The highest BCUT2D eigenvalue weighted by atomic mass is 19.1. The van der Waals surface area contributed by atoms with Crippen molar-refractivity contribution in [1.82, 2.24) is 4.90 Å². The normalized spacial score (nSPS) is 12.4. The molecule has 8 heteroatoms. The molecule has 0 spiro atoms. The van der Waals surface area contributed by atoms with E-state index in [0.717, 1.165) is 29.3 Å². The number of nitro benzene ring substituents is 1. The molecular formula is C25H25FN2O5. The second-order valence-corrected chi connectivity index (χ2v) is 8.19. The van der Waals surface area contributed by atoms with E-state index >= 15 is 0 Å². The minimum Gasteiger partial charge on any atom is -0.480 e. The van der Waals surface area contributed by atoms with Gasteiger partial charge in [0.1, 0.15) is 17.5 Å². The Bertz CT molecular complexity index is 1060. The number of benzene rings is 3. The number of nitro groups is 1. The van der Waals surface area contributed by atoms with Gasteiger partial charge >= 0.3 is 11.7 Å². The molecule has 0 saturated carbocycles. The molecule has 0 fully saturated rings. The van der Waals surface area contributed by atoms with Crippen molar-refractivity contribution in [3.05, 3.63) is 106 Å². The fourth-order valence-electron chi connectivity index (χ4n) is 3.83. The predicted molar refractivity (Wildman–Crippen MR) is 121 cm³/mol. The number of nitrogens with zero attached hydrogens (tertiary/aromatic N) is 2.